The lowest BCUT2D eigenvalue weighted by atomic mass is 9.84. The number of carbonyl (C=O) groups is 2. The molecule has 0 radical (unpaired) electrons. The summed E-state index contributed by atoms with van der Waals surface area (Å²) in [6, 6.07) is 9.85. The number of nitrogens with one attached hydrogen (secondary N) is 1. The summed E-state index contributed by atoms with van der Waals surface area (Å²) in [6.45, 7) is 12.1. The van der Waals surface area contributed by atoms with Gasteiger partial charge in [-0.05, 0) is 58.4 Å². The van der Waals surface area contributed by atoms with Gasteiger partial charge in [0, 0.05) is 25.6 Å². The molecule has 2 unspecified atom stereocenters. The summed E-state index contributed by atoms with van der Waals surface area (Å²) in [5.41, 5.74) is 0.567. The van der Waals surface area contributed by atoms with Crippen molar-refractivity contribution in [1.82, 2.24) is 15.2 Å². The van der Waals surface area contributed by atoms with E-state index in [1.54, 1.807) is 19.4 Å². The summed E-state index contributed by atoms with van der Waals surface area (Å²) < 4.78 is 11.6. The van der Waals surface area contributed by atoms with Gasteiger partial charge in [0.15, 0.2) is 5.89 Å². The molecule has 0 saturated carbocycles. The highest BCUT2D eigenvalue weighted by molar-refractivity contribution is 5.77. The molecule has 0 aliphatic carbocycles. The normalized spacial score (nSPS) is 22.5. The van der Waals surface area contributed by atoms with Crippen LogP contribution < -0.4 is 5.32 Å². The minimum Gasteiger partial charge on any atom is -0.459 e. The summed E-state index contributed by atoms with van der Waals surface area (Å²) >= 11 is 0. The van der Waals surface area contributed by atoms with Gasteiger partial charge in [-0.3, -0.25) is 14.5 Å². The number of oxazole rings is 1. The second-order valence-corrected chi connectivity index (χ2v) is 10.8. The van der Waals surface area contributed by atoms with Crippen molar-refractivity contribution in [3.05, 3.63) is 54.2 Å². The Labute approximate surface area is 209 Å². The first-order valence-electron chi connectivity index (χ1n) is 12.8. The van der Waals surface area contributed by atoms with E-state index in [1.165, 1.54) is 0 Å². The predicted molar refractivity (Wildman–Crippen MR) is 136 cm³/mol. The number of ether oxygens (including phenoxy) is 1. The largest absolute Gasteiger partial charge is 0.459 e. The van der Waals surface area contributed by atoms with Crippen molar-refractivity contribution in [2.75, 3.05) is 0 Å². The van der Waals surface area contributed by atoms with E-state index in [-0.39, 0.29) is 35.8 Å². The van der Waals surface area contributed by atoms with Crippen LogP contribution in [0, 0.1) is 5.92 Å². The molecule has 35 heavy (non-hydrogen) atoms. The average molecular weight is 484 g/mol. The SMILES string of the molecule is CCCC(C[C@@H]1[C@H](c2ncco2)C[C@H](C(=O)OC(C)(C)C)N1Cc1ccccc1)C(C)NC(C)=O. The number of hydrogen-bond donors (Lipinski definition) is 1. The molecule has 1 amide bonds. The van der Waals surface area contributed by atoms with Crippen LogP contribution in [0.5, 0.6) is 0 Å². The van der Waals surface area contributed by atoms with Crippen molar-refractivity contribution in [3.63, 3.8) is 0 Å². The van der Waals surface area contributed by atoms with E-state index in [9.17, 15) is 9.59 Å². The first kappa shape index (κ1) is 26.9. The molecule has 1 aliphatic heterocycles. The van der Waals surface area contributed by atoms with Crippen molar-refractivity contribution >= 4 is 11.9 Å². The molecule has 3 rings (SSSR count). The third-order valence-corrected chi connectivity index (χ3v) is 6.77. The highest BCUT2D eigenvalue weighted by atomic mass is 16.6. The third-order valence-electron chi connectivity index (χ3n) is 6.77. The Balaban J connectivity index is 1.98. The van der Waals surface area contributed by atoms with Gasteiger partial charge >= 0.3 is 5.97 Å². The Morgan fingerprint density at radius 2 is 1.97 bits per heavy atom. The van der Waals surface area contributed by atoms with Crippen molar-refractivity contribution in [1.29, 1.82) is 0 Å². The maximum Gasteiger partial charge on any atom is 0.323 e. The molecule has 192 valence electrons. The zero-order valence-electron chi connectivity index (χ0n) is 22.0. The van der Waals surface area contributed by atoms with Gasteiger partial charge < -0.3 is 14.5 Å². The van der Waals surface area contributed by atoms with Crippen LogP contribution >= 0.6 is 0 Å². The van der Waals surface area contributed by atoms with Crippen LogP contribution in [0.3, 0.4) is 0 Å². The van der Waals surface area contributed by atoms with Crippen LogP contribution in [-0.2, 0) is 20.9 Å². The van der Waals surface area contributed by atoms with Gasteiger partial charge in [0.05, 0.1) is 12.1 Å². The van der Waals surface area contributed by atoms with E-state index >= 15 is 0 Å². The first-order chi connectivity index (χ1) is 16.6. The topological polar surface area (TPSA) is 84.7 Å². The zero-order valence-corrected chi connectivity index (χ0v) is 22.0. The van der Waals surface area contributed by atoms with Gasteiger partial charge in [0.1, 0.15) is 17.9 Å². The van der Waals surface area contributed by atoms with E-state index in [2.05, 4.69) is 41.2 Å². The van der Waals surface area contributed by atoms with Crippen LogP contribution in [0.25, 0.3) is 0 Å². The Morgan fingerprint density at radius 1 is 1.26 bits per heavy atom. The summed E-state index contributed by atoms with van der Waals surface area (Å²) in [4.78, 5) is 32.0. The van der Waals surface area contributed by atoms with Crippen molar-refractivity contribution in [2.45, 2.75) is 103 Å². The molecule has 1 fully saturated rings. The molecular weight excluding hydrogens is 442 g/mol. The maximum atomic E-state index is 13.4. The first-order valence-corrected chi connectivity index (χ1v) is 12.8. The molecule has 0 spiro atoms. The molecule has 1 aromatic heterocycles. The lowest BCUT2D eigenvalue weighted by Crippen LogP contribution is -2.46. The number of benzene rings is 1. The van der Waals surface area contributed by atoms with Gasteiger partial charge in [0.2, 0.25) is 5.91 Å². The molecule has 7 heteroatoms. The van der Waals surface area contributed by atoms with Gasteiger partial charge in [-0.2, -0.15) is 0 Å². The maximum absolute atomic E-state index is 13.4. The molecule has 2 aromatic rings. The molecule has 1 aromatic carbocycles. The molecule has 7 nitrogen and oxygen atoms in total. The van der Waals surface area contributed by atoms with Crippen molar-refractivity contribution in [2.24, 2.45) is 5.92 Å². The van der Waals surface area contributed by atoms with Crippen LogP contribution in [-0.4, -0.2) is 45.5 Å². The Bertz CT molecular complexity index is 939. The standard InChI is InChI=1S/C28H41N3O4/c1-7-11-22(19(2)30-20(3)32)16-24-23(26-29-14-15-34-26)17-25(27(33)35-28(4,5)6)31(24)18-21-12-9-8-10-13-21/h8-10,12-15,19,22-25H,7,11,16-18H2,1-6H3,(H,30,32)/t19?,22?,23-,24-,25-/m1/s1. The smallest absolute Gasteiger partial charge is 0.323 e. The van der Waals surface area contributed by atoms with Crippen molar-refractivity contribution < 1.29 is 18.7 Å². The number of hydrogen-bond acceptors (Lipinski definition) is 6. The van der Waals surface area contributed by atoms with Gasteiger partial charge in [-0.15, -0.1) is 0 Å². The van der Waals surface area contributed by atoms with E-state index < -0.39 is 11.6 Å². The minimum atomic E-state index is -0.573. The summed E-state index contributed by atoms with van der Waals surface area (Å²) in [5.74, 6) is 0.621. The van der Waals surface area contributed by atoms with Crippen LogP contribution in [0.2, 0.25) is 0 Å². The number of aromatic nitrogens is 1. The molecule has 1 aliphatic rings. The van der Waals surface area contributed by atoms with E-state index in [0.717, 1.165) is 24.8 Å². The van der Waals surface area contributed by atoms with Crippen LogP contribution in [0.15, 0.2) is 47.2 Å². The summed E-state index contributed by atoms with van der Waals surface area (Å²) in [6.07, 6.45) is 6.65. The van der Waals surface area contributed by atoms with E-state index in [4.69, 9.17) is 9.15 Å². The zero-order chi connectivity index (χ0) is 25.6. The van der Waals surface area contributed by atoms with Crippen molar-refractivity contribution in [3.8, 4) is 0 Å². The lowest BCUT2D eigenvalue weighted by Gasteiger charge is -2.35. The molecule has 0 bridgehead atoms. The van der Waals surface area contributed by atoms with E-state index in [0.29, 0.717) is 18.9 Å². The van der Waals surface area contributed by atoms with E-state index in [1.807, 2.05) is 39.0 Å². The lowest BCUT2D eigenvalue weighted by molar-refractivity contribution is -0.161. The molecule has 2 heterocycles. The fourth-order valence-electron chi connectivity index (χ4n) is 5.29. The number of rotatable bonds is 10. The average Bonchev–Trinajstić information content (AvgIpc) is 3.41. The minimum absolute atomic E-state index is 0.0131. The Morgan fingerprint density at radius 3 is 2.54 bits per heavy atom. The second kappa shape index (κ2) is 11.8. The molecule has 1 N–H and O–H groups in total. The molecular formula is C28H41N3O4. The highest BCUT2D eigenvalue weighted by Gasteiger charge is 2.48. The molecule has 5 atom stereocenters. The number of esters is 1. The Kier molecular flexibility index (Phi) is 9.11. The number of likely N-dealkylation sites (tertiary alicyclic amines) is 1. The fourth-order valence-corrected chi connectivity index (χ4v) is 5.29. The van der Waals surface area contributed by atoms with Crippen LogP contribution in [0.1, 0.15) is 84.6 Å². The quantitative estimate of drug-likeness (QED) is 0.475. The summed E-state index contributed by atoms with van der Waals surface area (Å²) in [7, 11) is 0. The third kappa shape index (κ3) is 7.40. The predicted octanol–water partition coefficient (Wildman–Crippen LogP) is 5.07. The monoisotopic (exact) mass is 483 g/mol. The molecule has 1 saturated heterocycles. The number of amides is 1. The van der Waals surface area contributed by atoms with Gasteiger partial charge in [0.25, 0.3) is 0 Å². The highest BCUT2D eigenvalue weighted by Crippen LogP contribution is 2.42. The van der Waals surface area contributed by atoms with Gasteiger partial charge in [-0.1, -0.05) is 43.7 Å². The Hall–Kier alpha value is -2.67. The second-order valence-electron chi connectivity index (χ2n) is 10.8. The summed E-state index contributed by atoms with van der Waals surface area (Å²) in [5, 5.41) is 3.09. The van der Waals surface area contributed by atoms with Crippen LogP contribution in [0.4, 0.5) is 0 Å². The van der Waals surface area contributed by atoms with Gasteiger partial charge in [-0.25, -0.2) is 4.98 Å². The fraction of sp³-hybridized carbons (Fsp3) is 0.607. The number of carbonyl (C=O) groups excluding carboxylic acids is 2. The number of nitrogens with zero attached hydrogens (tertiary/aromatic N) is 2.